The van der Waals surface area contributed by atoms with Gasteiger partial charge in [-0.25, -0.2) is 9.97 Å². The van der Waals surface area contributed by atoms with Crippen LogP contribution in [0.15, 0.2) is 24.7 Å². The Balaban J connectivity index is 2.10. The quantitative estimate of drug-likeness (QED) is 0.942. The third-order valence-electron chi connectivity index (χ3n) is 3.17. The van der Waals surface area contributed by atoms with Crippen molar-refractivity contribution in [3.05, 3.63) is 35.9 Å². The molecule has 1 N–H and O–H groups in total. The second kappa shape index (κ2) is 5.71. The summed E-state index contributed by atoms with van der Waals surface area (Å²) in [5, 5.41) is 7.07. The zero-order valence-electron chi connectivity index (χ0n) is 11.9. The summed E-state index contributed by atoms with van der Waals surface area (Å²) in [5.74, 6) is -0.0481. The van der Waals surface area contributed by atoms with Gasteiger partial charge in [0.1, 0.15) is 5.69 Å². The molecule has 0 aliphatic rings. The van der Waals surface area contributed by atoms with Crippen molar-refractivity contribution in [1.82, 2.24) is 19.7 Å². The number of hydrogen-bond acceptors (Lipinski definition) is 4. The molecular formula is C13H16F3N5. The van der Waals surface area contributed by atoms with E-state index in [1.165, 1.54) is 0 Å². The second-order valence-electron chi connectivity index (χ2n) is 4.93. The maximum Gasteiger partial charge on any atom is 0.433 e. The van der Waals surface area contributed by atoms with Crippen LogP contribution in [-0.2, 0) is 6.18 Å². The first kappa shape index (κ1) is 15.3. The first-order valence-corrected chi connectivity index (χ1v) is 6.45. The molecule has 2 aromatic rings. The van der Waals surface area contributed by atoms with Crippen LogP contribution in [0.1, 0.15) is 31.1 Å². The number of rotatable bonds is 4. The molecule has 21 heavy (non-hydrogen) atoms. The van der Waals surface area contributed by atoms with E-state index in [0.717, 1.165) is 17.8 Å². The summed E-state index contributed by atoms with van der Waals surface area (Å²) in [5.41, 5.74) is 0.0548. The van der Waals surface area contributed by atoms with Gasteiger partial charge in [-0.3, -0.25) is 4.68 Å². The third-order valence-corrected chi connectivity index (χ3v) is 3.17. The number of anilines is 1. The van der Waals surface area contributed by atoms with Gasteiger partial charge in [-0.2, -0.15) is 18.3 Å². The fourth-order valence-electron chi connectivity index (χ4n) is 1.80. The molecule has 0 spiro atoms. The minimum absolute atomic E-state index is 0.0481. The smallest absolute Gasteiger partial charge is 0.350 e. The molecule has 0 fully saturated rings. The molecule has 2 rings (SSSR count). The number of nitrogens with zero attached hydrogens (tertiary/aromatic N) is 4. The number of hydrogen-bond donors (Lipinski definition) is 1. The first-order chi connectivity index (χ1) is 9.77. The van der Waals surface area contributed by atoms with Gasteiger partial charge in [0.2, 0.25) is 5.95 Å². The number of halogens is 3. The topological polar surface area (TPSA) is 55.6 Å². The van der Waals surface area contributed by atoms with E-state index in [4.69, 9.17) is 0 Å². The fraction of sp³-hybridized carbons (Fsp3) is 0.462. The highest BCUT2D eigenvalue weighted by molar-refractivity contribution is 5.27. The van der Waals surface area contributed by atoms with Crippen LogP contribution >= 0.6 is 0 Å². The van der Waals surface area contributed by atoms with Gasteiger partial charge < -0.3 is 5.32 Å². The van der Waals surface area contributed by atoms with Gasteiger partial charge >= 0.3 is 6.18 Å². The molecular weight excluding hydrogens is 283 g/mol. The van der Waals surface area contributed by atoms with Crippen molar-refractivity contribution in [2.24, 2.45) is 0 Å². The second-order valence-corrected chi connectivity index (χ2v) is 4.93. The Morgan fingerprint density at radius 1 is 1.29 bits per heavy atom. The SMILES string of the molecule is Cc1cnn([C@@H](C)[C@@H](C)Nc2nccc(C(F)(F)F)n2)c1. The minimum atomic E-state index is -4.48. The normalized spacial score (nSPS) is 14.8. The predicted octanol–water partition coefficient (Wildman–Crippen LogP) is 3.06. The Bertz CT molecular complexity index is 608. The van der Waals surface area contributed by atoms with E-state index in [1.807, 2.05) is 27.0 Å². The molecule has 0 saturated heterocycles. The average molecular weight is 299 g/mol. The molecule has 0 aliphatic carbocycles. The van der Waals surface area contributed by atoms with E-state index in [-0.39, 0.29) is 18.0 Å². The minimum Gasteiger partial charge on any atom is -0.350 e. The van der Waals surface area contributed by atoms with E-state index < -0.39 is 11.9 Å². The molecule has 5 nitrogen and oxygen atoms in total. The van der Waals surface area contributed by atoms with Crippen molar-refractivity contribution in [2.45, 2.75) is 39.0 Å². The van der Waals surface area contributed by atoms with Crippen LogP contribution in [0, 0.1) is 6.92 Å². The Kier molecular flexibility index (Phi) is 4.15. The van der Waals surface area contributed by atoms with E-state index in [9.17, 15) is 13.2 Å². The molecule has 0 radical (unpaired) electrons. The van der Waals surface area contributed by atoms with Crippen molar-refractivity contribution in [2.75, 3.05) is 5.32 Å². The van der Waals surface area contributed by atoms with Crippen molar-refractivity contribution in [1.29, 1.82) is 0 Å². The summed E-state index contributed by atoms with van der Waals surface area (Å²) in [6, 6.07) is 0.598. The van der Waals surface area contributed by atoms with Gasteiger partial charge in [0, 0.05) is 18.4 Å². The van der Waals surface area contributed by atoms with Crippen LogP contribution in [0.2, 0.25) is 0 Å². The zero-order valence-corrected chi connectivity index (χ0v) is 11.9. The highest BCUT2D eigenvalue weighted by Gasteiger charge is 2.33. The average Bonchev–Trinajstić information content (AvgIpc) is 2.84. The van der Waals surface area contributed by atoms with Crippen LogP contribution in [0.3, 0.4) is 0 Å². The lowest BCUT2D eigenvalue weighted by Crippen LogP contribution is -2.28. The van der Waals surface area contributed by atoms with Crippen molar-refractivity contribution < 1.29 is 13.2 Å². The van der Waals surface area contributed by atoms with Crippen LogP contribution < -0.4 is 5.32 Å². The lowest BCUT2D eigenvalue weighted by atomic mass is 10.2. The third kappa shape index (κ3) is 3.71. The number of nitrogens with one attached hydrogen (secondary N) is 1. The summed E-state index contributed by atoms with van der Waals surface area (Å²) >= 11 is 0. The molecule has 0 unspecified atom stereocenters. The first-order valence-electron chi connectivity index (χ1n) is 6.45. The molecule has 0 aromatic carbocycles. The predicted molar refractivity (Wildman–Crippen MR) is 71.8 cm³/mol. The summed E-state index contributed by atoms with van der Waals surface area (Å²) in [7, 11) is 0. The van der Waals surface area contributed by atoms with Gasteiger partial charge in [0.05, 0.1) is 12.2 Å². The molecule has 0 aliphatic heterocycles. The number of alkyl halides is 3. The van der Waals surface area contributed by atoms with Crippen LogP contribution in [0.4, 0.5) is 19.1 Å². The van der Waals surface area contributed by atoms with Gasteiger partial charge in [-0.15, -0.1) is 0 Å². The summed E-state index contributed by atoms with van der Waals surface area (Å²) in [4.78, 5) is 7.31. The van der Waals surface area contributed by atoms with Gasteiger partial charge in [-0.05, 0) is 32.4 Å². The highest BCUT2D eigenvalue weighted by Crippen LogP contribution is 2.27. The Morgan fingerprint density at radius 2 is 2.00 bits per heavy atom. The molecule has 2 atom stereocenters. The van der Waals surface area contributed by atoms with Crippen LogP contribution in [-0.4, -0.2) is 25.8 Å². The summed E-state index contributed by atoms with van der Waals surface area (Å²) in [6.07, 6.45) is 0.209. The van der Waals surface area contributed by atoms with Crippen molar-refractivity contribution in [3.8, 4) is 0 Å². The fourth-order valence-corrected chi connectivity index (χ4v) is 1.80. The van der Waals surface area contributed by atoms with E-state index in [0.29, 0.717) is 0 Å². The standard InChI is InChI=1S/C13H16F3N5/c1-8-6-18-21(7-8)10(3)9(2)19-12-17-5-4-11(20-12)13(14,15)16/h4-7,9-10H,1-3H3,(H,17,19,20)/t9-,10+/m1/s1. The van der Waals surface area contributed by atoms with Crippen molar-refractivity contribution >= 4 is 5.95 Å². The van der Waals surface area contributed by atoms with Crippen LogP contribution in [0.25, 0.3) is 0 Å². The van der Waals surface area contributed by atoms with E-state index in [1.54, 1.807) is 10.9 Å². The molecule has 2 heterocycles. The Morgan fingerprint density at radius 3 is 2.57 bits per heavy atom. The molecule has 8 heteroatoms. The van der Waals surface area contributed by atoms with Gasteiger partial charge in [0.25, 0.3) is 0 Å². The lowest BCUT2D eigenvalue weighted by Gasteiger charge is -2.22. The van der Waals surface area contributed by atoms with Gasteiger partial charge in [0.15, 0.2) is 0 Å². The van der Waals surface area contributed by atoms with E-state index >= 15 is 0 Å². The van der Waals surface area contributed by atoms with Crippen LogP contribution in [0.5, 0.6) is 0 Å². The Labute approximate surface area is 120 Å². The number of aryl methyl sites for hydroxylation is 1. The maximum atomic E-state index is 12.6. The monoisotopic (exact) mass is 299 g/mol. The van der Waals surface area contributed by atoms with E-state index in [2.05, 4.69) is 20.4 Å². The van der Waals surface area contributed by atoms with Gasteiger partial charge in [-0.1, -0.05) is 0 Å². The number of aromatic nitrogens is 4. The molecule has 0 saturated carbocycles. The largest absolute Gasteiger partial charge is 0.433 e. The maximum absolute atomic E-state index is 12.6. The summed E-state index contributed by atoms with van der Waals surface area (Å²) in [6.45, 7) is 5.67. The van der Waals surface area contributed by atoms with Crippen molar-refractivity contribution in [3.63, 3.8) is 0 Å². The molecule has 0 bridgehead atoms. The molecule has 114 valence electrons. The highest BCUT2D eigenvalue weighted by atomic mass is 19.4. The summed E-state index contributed by atoms with van der Waals surface area (Å²) < 4.78 is 39.5. The zero-order chi connectivity index (χ0) is 15.6. The Hall–Kier alpha value is -2.12. The molecule has 2 aromatic heterocycles. The lowest BCUT2D eigenvalue weighted by molar-refractivity contribution is -0.141. The molecule has 0 amide bonds.